The highest BCUT2D eigenvalue weighted by Crippen LogP contribution is 2.32. The number of methoxy groups -OCH3 is 1. The molecule has 31 heavy (non-hydrogen) atoms. The van der Waals surface area contributed by atoms with Crippen molar-refractivity contribution in [3.8, 4) is 0 Å². The fourth-order valence-corrected chi connectivity index (χ4v) is 4.22. The zero-order valence-corrected chi connectivity index (χ0v) is 18.3. The smallest absolute Gasteiger partial charge is 0.277 e. The summed E-state index contributed by atoms with van der Waals surface area (Å²) in [5.41, 5.74) is 2.93. The van der Waals surface area contributed by atoms with Gasteiger partial charge in [0.15, 0.2) is 0 Å². The molecule has 2 heterocycles. The van der Waals surface area contributed by atoms with E-state index in [0.29, 0.717) is 41.6 Å². The van der Waals surface area contributed by atoms with Crippen LogP contribution in [0.1, 0.15) is 11.1 Å². The molecule has 2 aromatic rings. The quantitative estimate of drug-likeness (QED) is 0.621. The standard InChI is InChI=1S/C24H26ClN3O3/c1-31-16-15-28-23(29)21(19-7-9-20(25)10-8-19)22(24(28)30)27-13-11-26(12-14-27)17-18-5-3-2-4-6-18/h2-10H,11-17H2,1H3. The summed E-state index contributed by atoms with van der Waals surface area (Å²) in [6, 6.07) is 17.5. The fraction of sp³-hybridized carbons (Fsp3) is 0.333. The molecule has 2 aliphatic rings. The first-order chi connectivity index (χ1) is 15.1. The van der Waals surface area contributed by atoms with Crippen LogP contribution in [-0.2, 0) is 20.9 Å². The van der Waals surface area contributed by atoms with E-state index in [1.165, 1.54) is 10.5 Å². The molecule has 0 radical (unpaired) electrons. The highest BCUT2D eigenvalue weighted by molar-refractivity contribution is 6.36. The largest absolute Gasteiger partial charge is 0.383 e. The number of ether oxygens (including phenoxy) is 1. The van der Waals surface area contributed by atoms with Crippen molar-refractivity contribution in [3.63, 3.8) is 0 Å². The van der Waals surface area contributed by atoms with Crippen molar-refractivity contribution >= 4 is 29.0 Å². The number of imide groups is 1. The van der Waals surface area contributed by atoms with E-state index in [1.807, 2.05) is 18.2 Å². The minimum absolute atomic E-state index is 0.239. The predicted molar refractivity (Wildman–Crippen MR) is 120 cm³/mol. The number of amides is 2. The van der Waals surface area contributed by atoms with E-state index in [-0.39, 0.29) is 18.4 Å². The van der Waals surface area contributed by atoms with Crippen LogP contribution in [0.3, 0.4) is 0 Å². The molecule has 0 aromatic heterocycles. The van der Waals surface area contributed by atoms with Crippen molar-refractivity contribution in [1.29, 1.82) is 0 Å². The maximum atomic E-state index is 13.3. The third-order valence-corrected chi connectivity index (χ3v) is 5.98. The molecule has 2 amide bonds. The van der Waals surface area contributed by atoms with E-state index >= 15 is 0 Å². The zero-order valence-electron chi connectivity index (χ0n) is 17.6. The Bertz CT molecular complexity index is 967. The molecule has 0 N–H and O–H groups in total. The summed E-state index contributed by atoms with van der Waals surface area (Å²) in [5, 5.41) is 0.591. The van der Waals surface area contributed by atoms with E-state index in [2.05, 4.69) is 21.9 Å². The number of carbonyl (C=O) groups excluding carboxylic acids is 2. The second-order valence-electron chi connectivity index (χ2n) is 7.73. The monoisotopic (exact) mass is 439 g/mol. The number of nitrogens with zero attached hydrogens (tertiary/aromatic N) is 3. The second-order valence-corrected chi connectivity index (χ2v) is 8.17. The summed E-state index contributed by atoms with van der Waals surface area (Å²) >= 11 is 6.04. The lowest BCUT2D eigenvalue weighted by molar-refractivity contribution is -0.138. The molecule has 1 fully saturated rings. The number of piperazine rings is 1. The van der Waals surface area contributed by atoms with E-state index in [9.17, 15) is 9.59 Å². The Balaban J connectivity index is 1.56. The van der Waals surface area contributed by atoms with Gasteiger partial charge in [-0.1, -0.05) is 54.1 Å². The number of benzene rings is 2. The lowest BCUT2D eigenvalue weighted by atomic mass is 10.0. The van der Waals surface area contributed by atoms with Crippen LogP contribution < -0.4 is 0 Å². The van der Waals surface area contributed by atoms with E-state index in [0.717, 1.165) is 19.6 Å². The summed E-state index contributed by atoms with van der Waals surface area (Å²) in [6.07, 6.45) is 0. The van der Waals surface area contributed by atoms with Crippen LogP contribution in [0.25, 0.3) is 5.57 Å². The van der Waals surface area contributed by atoms with Gasteiger partial charge in [-0.3, -0.25) is 19.4 Å². The van der Waals surface area contributed by atoms with Gasteiger partial charge in [0.25, 0.3) is 11.8 Å². The number of hydrogen-bond acceptors (Lipinski definition) is 5. The fourth-order valence-electron chi connectivity index (χ4n) is 4.09. The summed E-state index contributed by atoms with van der Waals surface area (Å²) in [7, 11) is 1.56. The van der Waals surface area contributed by atoms with Gasteiger partial charge < -0.3 is 9.64 Å². The molecule has 1 saturated heterocycles. The van der Waals surface area contributed by atoms with Gasteiger partial charge in [-0.05, 0) is 23.3 Å². The van der Waals surface area contributed by atoms with Crippen LogP contribution in [0.15, 0.2) is 60.3 Å². The van der Waals surface area contributed by atoms with Crippen LogP contribution in [0.4, 0.5) is 0 Å². The Morgan fingerprint density at radius 1 is 0.903 bits per heavy atom. The van der Waals surface area contributed by atoms with Crippen LogP contribution in [0.2, 0.25) is 5.02 Å². The third-order valence-electron chi connectivity index (χ3n) is 5.73. The van der Waals surface area contributed by atoms with E-state index in [1.54, 1.807) is 31.4 Å². The summed E-state index contributed by atoms with van der Waals surface area (Å²) in [4.78, 5) is 32.2. The number of carbonyl (C=O) groups is 2. The average molecular weight is 440 g/mol. The van der Waals surface area contributed by atoms with Gasteiger partial charge in [0.2, 0.25) is 0 Å². The molecule has 6 nitrogen and oxygen atoms in total. The van der Waals surface area contributed by atoms with Crippen molar-refractivity contribution in [2.45, 2.75) is 6.54 Å². The second kappa shape index (κ2) is 9.64. The molecular formula is C24H26ClN3O3. The number of halogens is 1. The Hall–Kier alpha value is -2.67. The molecule has 7 heteroatoms. The lowest BCUT2D eigenvalue weighted by Crippen LogP contribution is -2.47. The normalized spacial score (nSPS) is 17.7. The summed E-state index contributed by atoms with van der Waals surface area (Å²) in [5.74, 6) is -0.519. The Morgan fingerprint density at radius 3 is 2.23 bits per heavy atom. The highest BCUT2D eigenvalue weighted by atomic mass is 35.5. The molecule has 2 aliphatic heterocycles. The molecule has 4 rings (SSSR count). The number of hydrogen-bond donors (Lipinski definition) is 0. The van der Waals surface area contributed by atoms with Crippen LogP contribution in [0, 0.1) is 0 Å². The lowest BCUT2D eigenvalue weighted by Gasteiger charge is -2.36. The van der Waals surface area contributed by atoms with E-state index < -0.39 is 0 Å². The molecule has 0 atom stereocenters. The first kappa shape index (κ1) is 21.6. The molecular weight excluding hydrogens is 414 g/mol. The topological polar surface area (TPSA) is 53.1 Å². The van der Waals surface area contributed by atoms with Gasteiger partial charge >= 0.3 is 0 Å². The predicted octanol–water partition coefficient (Wildman–Crippen LogP) is 2.88. The number of rotatable bonds is 7. The van der Waals surface area contributed by atoms with Crippen molar-refractivity contribution in [1.82, 2.24) is 14.7 Å². The van der Waals surface area contributed by atoms with Gasteiger partial charge in [0, 0.05) is 44.9 Å². The summed E-state index contributed by atoms with van der Waals surface area (Å²) in [6.45, 7) is 4.46. The first-order valence-electron chi connectivity index (χ1n) is 10.4. The van der Waals surface area contributed by atoms with Crippen molar-refractivity contribution in [3.05, 3.63) is 76.4 Å². The minimum atomic E-state index is -0.272. The van der Waals surface area contributed by atoms with Crippen molar-refractivity contribution in [2.24, 2.45) is 0 Å². The van der Waals surface area contributed by atoms with Crippen LogP contribution in [0.5, 0.6) is 0 Å². The van der Waals surface area contributed by atoms with Gasteiger partial charge in [-0.25, -0.2) is 0 Å². The van der Waals surface area contributed by atoms with Gasteiger partial charge in [0.1, 0.15) is 5.70 Å². The highest BCUT2D eigenvalue weighted by Gasteiger charge is 2.41. The minimum Gasteiger partial charge on any atom is -0.383 e. The van der Waals surface area contributed by atoms with Crippen molar-refractivity contribution in [2.75, 3.05) is 46.4 Å². The maximum Gasteiger partial charge on any atom is 0.277 e. The van der Waals surface area contributed by atoms with Gasteiger partial charge in [-0.15, -0.1) is 0 Å². The van der Waals surface area contributed by atoms with Gasteiger partial charge in [0.05, 0.1) is 18.7 Å². The molecule has 0 saturated carbocycles. The van der Waals surface area contributed by atoms with Gasteiger partial charge in [-0.2, -0.15) is 0 Å². The van der Waals surface area contributed by atoms with E-state index in [4.69, 9.17) is 16.3 Å². The molecule has 0 aliphatic carbocycles. The molecule has 162 valence electrons. The Labute approximate surface area is 187 Å². The summed E-state index contributed by atoms with van der Waals surface area (Å²) < 4.78 is 5.11. The van der Waals surface area contributed by atoms with Crippen LogP contribution in [-0.4, -0.2) is 73.0 Å². The molecule has 0 spiro atoms. The average Bonchev–Trinajstić information content (AvgIpc) is 3.04. The Kier molecular flexibility index (Phi) is 6.70. The molecule has 2 aromatic carbocycles. The zero-order chi connectivity index (χ0) is 21.8. The maximum absolute atomic E-state index is 13.3. The van der Waals surface area contributed by atoms with Crippen molar-refractivity contribution < 1.29 is 14.3 Å². The SMILES string of the molecule is COCCN1C(=O)C(c2ccc(Cl)cc2)=C(N2CCN(Cc3ccccc3)CC2)C1=O. The Morgan fingerprint density at radius 2 is 1.58 bits per heavy atom. The van der Waals surface area contributed by atoms with Crippen LogP contribution >= 0.6 is 11.6 Å². The molecule has 0 bridgehead atoms. The first-order valence-corrected chi connectivity index (χ1v) is 10.8. The molecule has 0 unspecified atom stereocenters. The third kappa shape index (κ3) is 4.66.